The summed E-state index contributed by atoms with van der Waals surface area (Å²) in [6.45, 7) is 3.53. The zero-order valence-corrected chi connectivity index (χ0v) is 6.24. The molecule has 1 rings (SSSR count). The molecule has 4 nitrogen and oxygen atoms in total. The highest BCUT2D eigenvalue weighted by molar-refractivity contribution is 5.57. The number of aromatic nitrogens is 2. The molecule has 0 unspecified atom stereocenters. The van der Waals surface area contributed by atoms with Crippen LogP contribution < -0.4 is 11.4 Å². The van der Waals surface area contributed by atoms with E-state index in [1.54, 1.807) is 19.3 Å². The molecule has 0 saturated heterocycles. The zero-order chi connectivity index (χ0) is 8.43. The van der Waals surface area contributed by atoms with Crippen molar-refractivity contribution in [3.63, 3.8) is 0 Å². The van der Waals surface area contributed by atoms with Crippen molar-refractivity contribution in [1.29, 1.82) is 0 Å². The first-order valence-electron chi connectivity index (χ1n) is 3.10. The summed E-state index contributed by atoms with van der Waals surface area (Å²) in [5.74, 6) is 0.225. The van der Waals surface area contributed by atoms with E-state index >= 15 is 0 Å². The monoisotopic (exact) mass is 151 g/mol. The number of anilines is 1. The molecule has 1 aromatic rings. The second-order valence-electron chi connectivity index (χ2n) is 2.18. The van der Waals surface area contributed by atoms with Crippen molar-refractivity contribution in [2.24, 2.45) is 7.05 Å². The molecule has 0 radical (unpaired) electrons. The maximum absolute atomic E-state index is 10.8. The van der Waals surface area contributed by atoms with E-state index in [1.807, 2.05) is 0 Å². The number of hydrogen-bond acceptors (Lipinski definition) is 3. The van der Waals surface area contributed by atoms with Crippen LogP contribution in [-0.4, -0.2) is 9.55 Å². The Labute approximate surface area is 64.0 Å². The van der Waals surface area contributed by atoms with E-state index in [2.05, 4.69) is 11.6 Å². The highest BCUT2D eigenvalue weighted by Gasteiger charge is 1.98. The molecule has 11 heavy (non-hydrogen) atoms. The summed E-state index contributed by atoms with van der Waals surface area (Å²) in [5.41, 5.74) is 5.72. The van der Waals surface area contributed by atoms with Crippen LogP contribution in [0, 0.1) is 0 Å². The standard InChI is InChI=1S/C7H9N3O/c1-3-5-4-10(2)7(11)9-6(5)8/h3-4H,1H2,2H3,(H2,8,9,11). The molecule has 0 atom stereocenters. The van der Waals surface area contributed by atoms with Gasteiger partial charge in [0.1, 0.15) is 5.82 Å². The first kappa shape index (κ1) is 7.53. The molecule has 2 N–H and O–H groups in total. The minimum absolute atomic E-state index is 0.225. The van der Waals surface area contributed by atoms with Crippen molar-refractivity contribution < 1.29 is 0 Å². The van der Waals surface area contributed by atoms with E-state index in [9.17, 15) is 4.79 Å². The summed E-state index contributed by atoms with van der Waals surface area (Å²) in [6, 6.07) is 0. The van der Waals surface area contributed by atoms with Gasteiger partial charge >= 0.3 is 5.69 Å². The minimum atomic E-state index is -0.354. The Hall–Kier alpha value is -1.58. The van der Waals surface area contributed by atoms with Crippen LogP contribution in [0.1, 0.15) is 5.56 Å². The number of hydrogen-bond donors (Lipinski definition) is 1. The Bertz CT molecular complexity index is 340. The molecular formula is C7H9N3O. The van der Waals surface area contributed by atoms with E-state index in [0.717, 1.165) is 0 Å². The SMILES string of the molecule is C=Cc1cn(C)c(=O)nc1N. The summed E-state index contributed by atoms with van der Waals surface area (Å²) in [4.78, 5) is 14.4. The van der Waals surface area contributed by atoms with E-state index < -0.39 is 0 Å². The molecule has 58 valence electrons. The van der Waals surface area contributed by atoms with Crippen molar-refractivity contribution in [3.05, 3.63) is 28.8 Å². The summed E-state index contributed by atoms with van der Waals surface area (Å²) in [7, 11) is 1.61. The van der Waals surface area contributed by atoms with Gasteiger partial charge in [0.2, 0.25) is 0 Å². The molecule has 0 bridgehead atoms. The van der Waals surface area contributed by atoms with Crippen LogP contribution in [0.5, 0.6) is 0 Å². The van der Waals surface area contributed by atoms with Crippen LogP contribution in [0.4, 0.5) is 5.82 Å². The van der Waals surface area contributed by atoms with E-state index in [0.29, 0.717) is 5.56 Å². The fourth-order valence-electron chi connectivity index (χ4n) is 0.734. The first-order chi connectivity index (χ1) is 5.15. The molecule has 0 aliphatic heterocycles. The molecule has 4 heteroatoms. The van der Waals surface area contributed by atoms with Gasteiger partial charge < -0.3 is 10.3 Å². The van der Waals surface area contributed by atoms with Gasteiger partial charge in [0.05, 0.1) is 0 Å². The topological polar surface area (TPSA) is 60.9 Å². The van der Waals surface area contributed by atoms with Crippen LogP contribution in [0.3, 0.4) is 0 Å². The normalized spacial score (nSPS) is 9.55. The minimum Gasteiger partial charge on any atom is -0.383 e. The van der Waals surface area contributed by atoms with Gasteiger partial charge in [-0.25, -0.2) is 4.79 Å². The molecule has 0 aliphatic rings. The van der Waals surface area contributed by atoms with Crippen molar-refractivity contribution in [1.82, 2.24) is 9.55 Å². The van der Waals surface area contributed by atoms with Crippen molar-refractivity contribution >= 4 is 11.9 Å². The Morgan fingerprint density at radius 2 is 2.45 bits per heavy atom. The van der Waals surface area contributed by atoms with E-state index in [1.165, 1.54) is 4.57 Å². The smallest absolute Gasteiger partial charge is 0.349 e. The summed E-state index contributed by atoms with van der Waals surface area (Å²) < 4.78 is 1.35. The van der Waals surface area contributed by atoms with Crippen LogP contribution >= 0.6 is 0 Å². The highest BCUT2D eigenvalue weighted by atomic mass is 16.1. The number of nitrogen functional groups attached to an aromatic ring is 1. The van der Waals surface area contributed by atoms with Gasteiger partial charge in [0, 0.05) is 18.8 Å². The second-order valence-corrected chi connectivity index (χ2v) is 2.18. The van der Waals surface area contributed by atoms with Crippen LogP contribution in [0.15, 0.2) is 17.6 Å². The summed E-state index contributed by atoms with van der Waals surface area (Å²) in [5, 5.41) is 0. The molecule has 0 aromatic carbocycles. The number of nitrogens with two attached hydrogens (primary N) is 1. The zero-order valence-electron chi connectivity index (χ0n) is 6.24. The predicted molar refractivity (Wildman–Crippen MR) is 44.0 cm³/mol. The van der Waals surface area contributed by atoms with Crippen LogP contribution in [0.25, 0.3) is 6.08 Å². The molecule has 0 saturated carbocycles. The average molecular weight is 151 g/mol. The lowest BCUT2D eigenvalue weighted by atomic mass is 10.3. The van der Waals surface area contributed by atoms with Gasteiger partial charge in [-0.3, -0.25) is 0 Å². The van der Waals surface area contributed by atoms with Gasteiger partial charge in [-0.1, -0.05) is 12.7 Å². The Morgan fingerprint density at radius 1 is 1.82 bits per heavy atom. The molecule has 0 amide bonds. The highest BCUT2D eigenvalue weighted by Crippen LogP contribution is 2.04. The maximum Gasteiger partial charge on any atom is 0.349 e. The lowest BCUT2D eigenvalue weighted by Crippen LogP contribution is -2.21. The van der Waals surface area contributed by atoms with Crippen molar-refractivity contribution in [3.8, 4) is 0 Å². The van der Waals surface area contributed by atoms with Gasteiger partial charge in [-0.15, -0.1) is 0 Å². The molecule has 0 spiro atoms. The summed E-state index contributed by atoms with van der Waals surface area (Å²) in [6.07, 6.45) is 3.15. The quantitative estimate of drug-likeness (QED) is 0.614. The molecule has 1 heterocycles. The number of nitrogens with zero attached hydrogens (tertiary/aromatic N) is 2. The van der Waals surface area contributed by atoms with Crippen molar-refractivity contribution in [2.45, 2.75) is 0 Å². The lowest BCUT2D eigenvalue weighted by molar-refractivity contribution is 0.811. The van der Waals surface area contributed by atoms with Gasteiger partial charge in [0.15, 0.2) is 0 Å². The Balaban J connectivity index is 3.43. The fourth-order valence-corrected chi connectivity index (χ4v) is 0.734. The molecular weight excluding hydrogens is 142 g/mol. The number of rotatable bonds is 1. The van der Waals surface area contributed by atoms with Gasteiger partial charge in [0.25, 0.3) is 0 Å². The Kier molecular flexibility index (Phi) is 1.76. The Morgan fingerprint density at radius 3 is 3.00 bits per heavy atom. The summed E-state index contributed by atoms with van der Waals surface area (Å²) >= 11 is 0. The molecule has 1 aromatic heterocycles. The molecule has 0 aliphatic carbocycles. The third kappa shape index (κ3) is 1.29. The van der Waals surface area contributed by atoms with Crippen LogP contribution in [-0.2, 0) is 7.05 Å². The third-order valence-corrected chi connectivity index (χ3v) is 1.37. The predicted octanol–water partition coefficient (Wildman–Crippen LogP) is 0.00550. The third-order valence-electron chi connectivity index (χ3n) is 1.37. The molecule has 0 fully saturated rings. The van der Waals surface area contributed by atoms with Gasteiger partial charge in [-0.05, 0) is 0 Å². The first-order valence-corrected chi connectivity index (χ1v) is 3.10. The van der Waals surface area contributed by atoms with E-state index in [-0.39, 0.29) is 11.5 Å². The van der Waals surface area contributed by atoms with Crippen molar-refractivity contribution in [2.75, 3.05) is 5.73 Å². The van der Waals surface area contributed by atoms with E-state index in [4.69, 9.17) is 5.73 Å². The fraction of sp³-hybridized carbons (Fsp3) is 0.143. The van der Waals surface area contributed by atoms with Crippen LogP contribution in [0.2, 0.25) is 0 Å². The second kappa shape index (κ2) is 2.57. The number of aryl methyl sites for hydroxylation is 1. The average Bonchev–Trinajstić information content (AvgIpc) is 1.97. The lowest BCUT2D eigenvalue weighted by Gasteiger charge is -2.00. The van der Waals surface area contributed by atoms with Gasteiger partial charge in [-0.2, -0.15) is 4.98 Å². The largest absolute Gasteiger partial charge is 0.383 e. The maximum atomic E-state index is 10.8.